The Bertz CT molecular complexity index is 441. The number of carboxylic acids is 1. The largest absolute Gasteiger partial charge is 0.481 e. The first-order valence-corrected chi connectivity index (χ1v) is 5.27. The number of nitrogens with zero attached hydrogens (tertiary/aromatic N) is 1. The van der Waals surface area contributed by atoms with Crippen molar-refractivity contribution in [2.75, 3.05) is 5.32 Å². The summed E-state index contributed by atoms with van der Waals surface area (Å²) in [4.78, 5) is 26.5. The molecule has 0 aliphatic carbocycles. The van der Waals surface area contributed by atoms with Crippen molar-refractivity contribution >= 4 is 17.6 Å². The van der Waals surface area contributed by atoms with E-state index >= 15 is 0 Å². The number of amides is 1. The molecule has 1 aromatic rings. The van der Waals surface area contributed by atoms with E-state index in [1.165, 1.54) is 13.8 Å². The van der Waals surface area contributed by atoms with Crippen LogP contribution in [0.1, 0.15) is 25.8 Å². The van der Waals surface area contributed by atoms with E-state index in [1.807, 2.05) is 6.92 Å². The molecule has 0 bridgehead atoms. The number of rotatable bonds is 4. The summed E-state index contributed by atoms with van der Waals surface area (Å²) in [7, 11) is 0. The normalized spacial score (nSPS) is 11.0. The van der Waals surface area contributed by atoms with E-state index in [9.17, 15) is 9.59 Å². The molecule has 0 saturated carbocycles. The van der Waals surface area contributed by atoms with Crippen LogP contribution >= 0.6 is 0 Å². The molecule has 1 rings (SSSR count). The van der Waals surface area contributed by atoms with Crippen molar-refractivity contribution in [2.45, 2.75) is 27.2 Å². The first-order chi connectivity index (χ1) is 7.83. The minimum atomic E-state index is -1.06. The predicted molar refractivity (Wildman–Crippen MR) is 63.6 cm³/mol. The number of carboxylic acid groups (broad SMARTS) is 1. The van der Waals surface area contributed by atoms with Crippen LogP contribution in [-0.4, -0.2) is 22.0 Å². The quantitative estimate of drug-likeness (QED) is 0.835. The van der Waals surface area contributed by atoms with Crippen molar-refractivity contribution in [1.82, 2.24) is 4.98 Å². The highest BCUT2D eigenvalue weighted by Crippen LogP contribution is 2.22. The Kier molecular flexibility index (Phi) is 3.83. The van der Waals surface area contributed by atoms with Gasteiger partial charge < -0.3 is 10.4 Å². The average Bonchev–Trinajstić information content (AvgIpc) is 2.20. The van der Waals surface area contributed by atoms with Gasteiger partial charge in [0, 0.05) is 24.5 Å². The lowest BCUT2D eigenvalue weighted by Gasteiger charge is -2.18. The maximum atomic E-state index is 11.7. The SMILES string of the molecule is Cc1cnccc1NC(=O)CC(C)(C)C(=O)O. The molecule has 0 atom stereocenters. The van der Waals surface area contributed by atoms with E-state index in [2.05, 4.69) is 10.3 Å². The van der Waals surface area contributed by atoms with Crippen molar-refractivity contribution in [2.24, 2.45) is 5.41 Å². The van der Waals surface area contributed by atoms with Gasteiger partial charge in [-0.1, -0.05) is 0 Å². The average molecular weight is 236 g/mol. The van der Waals surface area contributed by atoms with Crippen LogP contribution in [0, 0.1) is 12.3 Å². The number of pyridine rings is 1. The zero-order valence-electron chi connectivity index (χ0n) is 10.2. The Morgan fingerprint density at radius 3 is 2.65 bits per heavy atom. The lowest BCUT2D eigenvalue weighted by atomic mass is 9.89. The molecule has 1 amide bonds. The van der Waals surface area contributed by atoms with Crippen molar-refractivity contribution in [1.29, 1.82) is 0 Å². The second-order valence-corrected chi connectivity index (χ2v) is 4.60. The van der Waals surface area contributed by atoms with Gasteiger partial charge in [-0.2, -0.15) is 0 Å². The van der Waals surface area contributed by atoms with E-state index < -0.39 is 11.4 Å². The van der Waals surface area contributed by atoms with Crippen LogP contribution in [0.2, 0.25) is 0 Å². The number of hydrogen-bond donors (Lipinski definition) is 2. The molecule has 17 heavy (non-hydrogen) atoms. The maximum Gasteiger partial charge on any atom is 0.309 e. The Morgan fingerprint density at radius 1 is 1.47 bits per heavy atom. The summed E-state index contributed by atoms with van der Waals surface area (Å²) in [6.45, 7) is 4.87. The number of carbonyl (C=O) groups excluding carboxylic acids is 1. The third-order valence-electron chi connectivity index (χ3n) is 2.48. The van der Waals surface area contributed by atoms with E-state index in [0.29, 0.717) is 5.69 Å². The van der Waals surface area contributed by atoms with Crippen LogP contribution in [0.25, 0.3) is 0 Å². The lowest BCUT2D eigenvalue weighted by Crippen LogP contribution is -2.29. The Morgan fingerprint density at radius 2 is 2.12 bits per heavy atom. The molecule has 0 saturated heterocycles. The summed E-state index contributed by atoms with van der Waals surface area (Å²) in [5, 5.41) is 11.6. The van der Waals surface area contributed by atoms with Crippen LogP contribution in [0.4, 0.5) is 5.69 Å². The molecule has 1 aromatic heterocycles. The molecule has 5 nitrogen and oxygen atoms in total. The van der Waals surface area contributed by atoms with Gasteiger partial charge in [0.2, 0.25) is 5.91 Å². The number of nitrogens with one attached hydrogen (secondary N) is 1. The van der Waals surface area contributed by atoms with Crippen molar-refractivity contribution < 1.29 is 14.7 Å². The Balaban J connectivity index is 2.69. The van der Waals surface area contributed by atoms with Crippen LogP contribution < -0.4 is 5.32 Å². The monoisotopic (exact) mass is 236 g/mol. The van der Waals surface area contributed by atoms with Gasteiger partial charge in [-0.15, -0.1) is 0 Å². The van der Waals surface area contributed by atoms with Crippen LogP contribution in [-0.2, 0) is 9.59 Å². The molecule has 92 valence electrons. The topological polar surface area (TPSA) is 79.3 Å². The highest BCUT2D eigenvalue weighted by atomic mass is 16.4. The highest BCUT2D eigenvalue weighted by molar-refractivity contribution is 5.94. The highest BCUT2D eigenvalue weighted by Gasteiger charge is 2.30. The van der Waals surface area contributed by atoms with Crippen molar-refractivity contribution in [3.8, 4) is 0 Å². The number of aromatic nitrogens is 1. The number of aliphatic carboxylic acids is 1. The molecule has 0 unspecified atom stereocenters. The number of anilines is 1. The first kappa shape index (κ1) is 13.2. The van der Waals surface area contributed by atoms with Crippen LogP contribution in [0.3, 0.4) is 0 Å². The smallest absolute Gasteiger partial charge is 0.309 e. The fourth-order valence-corrected chi connectivity index (χ4v) is 1.29. The summed E-state index contributed by atoms with van der Waals surface area (Å²) < 4.78 is 0. The fourth-order valence-electron chi connectivity index (χ4n) is 1.29. The fraction of sp³-hybridized carbons (Fsp3) is 0.417. The summed E-state index contributed by atoms with van der Waals surface area (Å²) in [6.07, 6.45) is 3.15. The molecule has 0 fully saturated rings. The van der Waals surface area contributed by atoms with Crippen LogP contribution in [0.15, 0.2) is 18.5 Å². The molecular weight excluding hydrogens is 220 g/mol. The Labute approximate surface area is 99.9 Å². The molecule has 1 heterocycles. The van der Waals surface area contributed by atoms with Gasteiger partial charge in [0.05, 0.1) is 5.41 Å². The molecule has 2 N–H and O–H groups in total. The van der Waals surface area contributed by atoms with Gasteiger partial charge in [-0.05, 0) is 32.4 Å². The number of aryl methyl sites for hydroxylation is 1. The standard InChI is InChI=1S/C12H16N2O3/c1-8-7-13-5-4-9(8)14-10(15)6-12(2,3)11(16)17/h4-5,7H,6H2,1-3H3,(H,16,17)(H,13,14,15). The minimum absolute atomic E-state index is 0.0654. The van der Waals surface area contributed by atoms with E-state index in [1.54, 1.807) is 18.5 Å². The molecular formula is C12H16N2O3. The summed E-state index contributed by atoms with van der Waals surface area (Å²) >= 11 is 0. The Hall–Kier alpha value is -1.91. The van der Waals surface area contributed by atoms with E-state index in [0.717, 1.165) is 5.56 Å². The maximum absolute atomic E-state index is 11.7. The summed E-state index contributed by atoms with van der Waals surface area (Å²) in [6, 6.07) is 1.68. The van der Waals surface area contributed by atoms with Crippen molar-refractivity contribution in [3.63, 3.8) is 0 Å². The van der Waals surface area contributed by atoms with E-state index in [4.69, 9.17) is 5.11 Å². The molecule has 0 aliphatic heterocycles. The third kappa shape index (κ3) is 3.55. The number of carbonyl (C=O) groups is 2. The second kappa shape index (κ2) is 4.95. The molecule has 0 aromatic carbocycles. The zero-order chi connectivity index (χ0) is 13.1. The van der Waals surface area contributed by atoms with Gasteiger partial charge in [0.25, 0.3) is 0 Å². The third-order valence-corrected chi connectivity index (χ3v) is 2.48. The van der Waals surface area contributed by atoms with Crippen molar-refractivity contribution in [3.05, 3.63) is 24.0 Å². The van der Waals surface area contributed by atoms with Gasteiger partial charge >= 0.3 is 5.97 Å². The lowest BCUT2D eigenvalue weighted by molar-refractivity contribution is -0.148. The zero-order valence-corrected chi connectivity index (χ0v) is 10.2. The first-order valence-electron chi connectivity index (χ1n) is 5.27. The second-order valence-electron chi connectivity index (χ2n) is 4.60. The van der Waals surface area contributed by atoms with Gasteiger partial charge in [0.15, 0.2) is 0 Å². The summed E-state index contributed by atoms with van der Waals surface area (Å²) in [5.41, 5.74) is 0.436. The summed E-state index contributed by atoms with van der Waals surface area (Å²) in [5.74, 6) is -1.30. The van der Waals surface area contributed by atoms with Gasteiger partial charge in [-0.25, -0.2) is 0 Å². The molecule has 0 aliphatic rings. The molecule has 0 spiro atoms. The number of hydrogen-bond acceptors (Lipinski definition) is 3. The minimum Gasteiger partial charge on any atom is -0.481 e. The molecule has 5 heteroatoms. The van der Waals surface area contributed by atoms with Gasteiger partial charge in [0.1, 0.15) is 0 Å². The molecule has 0 radical (unpaired) electrons. The van der Waals surface area contributed by atoms with E-state index in [-0.39, 0.29) is 12.3 Å². The van der Waals surface area contributed by atoms with Gasteiger partial charge in [-0.3, -0.25) is 14.6 Å². The predicted octanol–water partition coefficient (Wildman–Crippen LogP) is 1.83. The van der Waals surface area contributed by atoms with Crippen LogP contribution in [0.5, 0.6) is 0 Å².